The first-order chi connectivity index (χ1) is 12.1. The van der Waals surface area contributed by atoms with Crippen LogP contribution >= 0.6 is 0 Å². The maximum atomic E-state index is 11.9. The van der Waals surface area contributed by atoms with E-state index < -0.39 is 11.8 Å². The third-order valence-corrected chi connectivity index (χ3v) is 3.44. The lowest BCUT2D eigenvalue weighted by atomic mass is 10.2. The van der Waals surface area contributed by atoms with Crippen molar-refractivity contribution in [2.45, 2.75) is 26.2 Å². The van der Waals surface area contributed by atoms with Crippen LogP contribution in [0.1, 0.15) is 26.2 Å². The molecule has 25 heavy (non-hydrogen) atoms. The van der Waals surface area contributed by atoms with Gasteiger partial charge in [0.2, 0.25) is 0 Å². The Balaban J connectivity index is 1.84. The van der Waals surface area contributed by atoms with Crippen molar-refractivity contribution in [3.63, 3.8) is 0 Å². The van der Waals surface area contributed by atoms with E-state index in [-0.39, 0.29) is 5.75 Å². The Morgan fingerprint density at radius 1 is 0.960 bits per heavy atom. The van der Waals surface area contributed by atoms with Gasteiger partial charge in [-0.15, -0.1) is 0 Å². The first-order valence-corrected chi connectivity index (χ1v) is 8.22. The molecule has 132 valence electrons. The molecule has 2 amide bonds. The van der Waals surface area contributed by atoms with Crippen molar-refractivity contribution >= 4 is 23.2 Å². The fourth-order valence-electron chi connectivity index (χ4n) is 2.14. The van der Waals surface area contributed by atoms with Gasteiger partial charge in [0.05, 0.1) is 6.61 Å². The van der Waals surface area contributed by atoms with Gasteiger partial charge in [0.1, 0.15) is 11.5 Å². The van der Waals surface area contributed by atoms with Gasteiger partial charge in [-0.1, -0.05) is 25.8 Å². The van der Waals surface area contributed by atoms with Crippen LogP contribution in [-0.4, -0.2) is 23.5 Å². The van der Waals surface area contributed by atoms with Gasteiger partial charge < -0.3 is 20.5 Å². The van der Waals surface area contributed by atoms with Crippen LogP contribution in [0.15, 0.2) is 48.5 Å². The van der Waals surface area contributed by atoms with Crippen molar-refractivity contribution < 1.29 is 19.4 Å². The van der Waals surface area contributed by atoms with Gasteiger partial charge in [0, 0.05) is 17.4 Å². The molecule has 0 saturated carbocycles. The van der Waals surface area contributed by atoms with Crippen LogP contribution < -0.4 is 15.4 Å². The highest BCUT2D eigenvalue weighted by Crippen LogP contribution is 2.17. The van der Waals surface area contributed by atoms with E-state index in [0.29, 0.717) is 18.0 Å². The molecule has 0 aliphatic carbocycles. The molecule has 0 aromatic heterocycles. The summed E-state index contributed by atoms with van der Waals surface area (Å²) in [5, 5.41) is 14.3. The van der Waals surface area contributed by atoms with Crippen LogP contribution in [0.3, 0.4) is 0 Å². The predicted molar refractivity (Wildman–Crippen MR) is 96.8 cm³/mol. The maximum Gasteiger partial charge on any atom is 0.314 e. The summed E-state index contributed by atoms with van der Waals surface area (Å²) < 4.78 is 5.59. The number of benzene rings is 2. The predicted octanol–water partition coefficient (Wildman–Crippen LogP) is 3.54. The molecule has 6 heteroatoms. The van der Waals surface area contributed by atoms with E-state index in [4.69, 9.17) is 4.74 Å². The number of ether oxygens (including phenoxy) is 1. The van der Waals surface area contributed by atoms with Crippen LogP contribution in [0.5, 0.6) is 11.5 Å². The van der Waals surface area contributed by atoms with Crippen molar-refractivity contribution in [1.29, 1.82) is 0 Å². The monoisotopic (exact) mass is 342 g/mol. The zero-order chi connectivity index (χ0) is 18.1. The van der Waals surface area contributed by atoms with Crippen LogP contribution in [-0.2, 0) is 9.59 Å². The zero-order valence-electron chi connectivity index (χ0n) is 14.1. The van der Waals surface area contributed by atoms with Gasteiger partial charge in [-0.05, 0) is 42.8 Å². The Kier molecular flexibility index (Phi) is 6.83. The zero-order valence-corrected chi connectivity index (χ0v) is 14.1. The Morgan fingerprint density at radius 3 is 2.28 bits per heavy atom. The fourth-order valence-corrected chi connectivity index (χ4v) is 2.14. The molecule has 0 heterocycles. The molecule has 0 saturated heterocycles. The summed E-state index contributed by atoms with van der Waals surface area (Å²) in [5.74, 6) is -0.878. The van der Waals surface area contributed by atoms with Gasteiger partial charge in [0.15, 0.2) is 0 Å². The summed E-state index contributed by atoms with van der Waals surface area (Å²) in [6, 6.07) is 12.8. The summed E-state index contributed by atoms with van der Waals surface area (Å²) in [7, 11) is 0. The standard InChI is InChI=1S/C19H22N2O4/c1-2-3-4-12-25-17-10-8-14(9-11-17)20-18(23)19(24)21-15-6-5-7-16(22)13-15/h5-11,13,22H,2-4,12H2,1H3,(H,20,23)(H,21,24). The van der Waals surface area contributed by atoms with E-state index in [1.807, 2.05) is 0 Å². The second kappa shape index (κ2) is 9.32. The molecule has 0 aliphatic rings. The van der Waals surface area contributed by atoms with Crippen LogP contribution in [0.4, 0.5) is 11.4 Å². The second-order valence-electron chi connectivity index (χ2n) is 5.54. The number of nitrogens with one attached hydrogen (secondary N) is 2. The largest absolute Gasteiger partial charge is 0.508 e. The lowest BCUT2D eigenvalue weighted by Gasteiger charge is -2.09. The van der Waals surface area contributed by atoms with Gasteiger partial charge in [-0.3, -0.25) is 9.59 Å². The first-order valence-electron chi connectivity index (χ1n) is 8.22. The number of carbonyl (C=O) groups excluding carboxylic acids is 2. The highest BCUT2D eigenvalue weighted by Gasteiger charge is 2.14. The van der Waals surface area contributed by atoms with E-state index >= 15 is 0 Å². The smallest absolute Gasteiger partial charge is 0.314 e. The lowest BCUT2D eigenvalue weighted by molar-refractivity contribution is -0.132. The molecule has 0 unspecified atom stereocenters. The minimum Gasteiger partial charge on any atom is -0.508 e. The lowest BCUT2D eigenvalue weighted by Crippen LogP contribution is -2.29. The Hall–Kier alpha value is -3.02. The Labute approximate surface area is 146 Å². The molecular formula is C19H22N2O4. The molecule has 6 nitrogen and oxygen atoms in total. The fraction of sp³-hybridized carbons (Fsp3) is 0.263. The molecule has 0 spiro atoms. The average Bonchev–Trinajstić information content (AvgIpc) is 2.60. The Bertz CT molecular complexity index is 714. The van der Waals surface area contributed by atoms with Crippen molar-refractivity contribution in [2.24, 2.45) is 0 Å². The molecule has 2 aromatic carbocycles. The van der Waals surface area contributed by atoms with Crippen LogP contribution in [0.2, 0.25) is 0 Å². The molecule has 0 atom stereocenters. The van der Waals surface area contributed by atoms with Crippen LogP contribution in [0.25, 0.3) is 0 Å². The molecule has 0 radical (unpaired) electrons. The summed E-state index contributed by atoms with van der Waals surface area (Å²) >= 11 is 0. The summed E-state index contributed by atoms with van der Waals surface area (Å²) in [6.07, 6.45) is 3.27. The van der Waals surface area contributed by atoms with Gasteiger partial charge in [-0.25, -0.2) is 0 Å². The quantitative estimate of drug-likeness (QED) is 0.530. The molecule has 3 N–H and O–H groups in total. The van der Waals surface area contributed by atoms with Gasteiger partial charge in [-0.2, -0.15) is 0 Å². The van der Waals surface area contributed by atoms with E-state index in [1.54, 1.807) is 36.4 Å². The molecule has 0 fully saturated rings. The molecule has 2 rings (SSSR count). The third-order valence-electron chi connectivity index (χ3n) is 3.44. The number of hydrogen-bond donors (Lipinski definition) is 3. The molecule has 0 aliphatic heterocycles. The molecular weight excluding hydrogens is 320 g/mol. The van der Waals surface area contributed by atoms with Gasteiger partial charge in [0.25, 0.3) is 0 Å². The van der Waals surface area contributed by atoms with Crippen molar-refractivity contribution in [1.82, 2.24) is 0 Å². The SMILES string of the molecule is CCCCCOc1ccc(NC(=O)C(=O)Nc2cccc(O)c2)cc1. The number of hydrogen-bond acceptors (Lipinski definition) is 4. The first kappa shape index (κ1) is 18.3. The van der Waals surface area contributed by atoms with Gasteiger partial charge >= 0.3 is 11.8 Å². The van der Waals surface area contributed by atoms with E-state index in [9.17, 15) is 14.7 Å². The molecule has 2 aromatic rings. The number of rotatable bonds is 7. The van der Waals surface area contributed by atoms with E-state index in [0.717, 1.165) is 25.0 Å². The Morgan fingerprint density at radius 2 is 1.64 bits per heavy atom. The summed E-state index contributed by atoms with van der Waals surface area (Å²) in [5.41, 5.74) is 0.841. The van der Waals surface area contributed by atoms with Crippen molar-refractivity contribution in [2.75, 3.05) is 17.2 Å². The van der Waals surface area contributed by atoms with E-state index in [2.05, 4.69) is 17.6 Å². The normalized spacial score (nSPS) is 10.1. The van der Waals surface area contributed by atoms with E-state index in [1.165, 1.54) is 12.1 Å². The summed E-state index contributed by atoms with van der Waals surface area (Å²) in [4.78, 5) is 23.8. The molecule has 0 bridgehead atoms. The highest BCUT2D eigenvalue weighted by atomic mass is 16.5. The number of phenols is 1. The minimum atomic E-state index is -0.814. The number of anilines is 2. The minimum absolute atomic E-state index is 0.00716. The van der Waals surface area contributed by atoms with Crippen molar-refractivity contribution in [3.8, 4) is 11.5 Å². The third kappa shape index (κ3) is 6.18. The highest BCUT2D eigenvalue weighted by molar-refractivity contribution is 6.43. The van der Waals surface area contributed by atoms with Crippen LogP contribution in [0, 0.1) is 0 Å². The number of phenolic OH excluding ortho intramolecular Hbond substituents is 1. The second-order valence-corrected chi connectivity index (χ2v) is 5.54. The number of carbonyl (C=O) groups is 2. The maximum absolute atomic E-state index is 11.9. The average molecular weight is 342 g/mol. The topological polar surface area (TPSA) is 87.7 Å². The van der Waals surface area contributed by atoms with Crippen molar-refractivity contribution in [3.05, 3.63) is 48.5 Å². The number of amides is 2. The number of unbranched alkanes of at least 4 members (excludes halogenated alkanes) is 2. The number of aromatic hydroxyl groups is 1. The summed E-state index contributed by atoms with van der Waals surface area (Å²) in [6.45, 7) is 2.79.